The summed E-state index contributed by atoms with van der Waals surface area (Å²) >= 11 is 0. The van der Waals surface area contributed by atoms with Crippen molar-refractivity contribution >= 4 is 11.0 Å². The average Bonchev–Trinajstić information content (AvgIpc) is 3.47. The first-order valence-corrected chi connectivity index (χ1v) is 11.7. The number of rotatable bonds is 5. The van der Waals surface area contributed by atoms with Gasteiger partial charge in [-0.15, -0.1) is 0 Å². The molecule has 32 heavy (non-hydrogen) atoms. The van der Waals surface area contributed by atoms with Gasteiger partial charge in [0.1, 0.15) is 16.8 Å². The van der Waals surface area contributed by atoms with E-state index in [1.165, 1.54) is 12.8 Å². The third kappa shape index (κ3) is 3.97. The van der Waals surface area contributed by atoms with E-state index in [0.717, 1.165) is 49.5 Å². The molecule has 1 aliphatic carbocycles. The van der Waals surface area contributed by atoms with Crippen LogP contribution in [0.15, 0.2) is 29.3 Å². The van der Waals surface area contributed by atoms with Gasteiger partial charge in [-0.25, -0.2) is 9.67 Å². The SMILES string of the molecule is C[C@@H]1CN(Cc2ccc(C(C)(C)O)nc2)C[C@H]1c1nc2c(cnn2C2CCCC2)c(=O)[nH]1. The first-order valence-electron chi connectivity index (χ1n) is 11.7. The van der Waals surface area contributed by atoms with Gasteiger partial charge in [-0.05, 0) is 44.2 Å². The van der Waals surface area contributed by atoms with Gasteiger partial charge in [-0.3, -0.25) is 14.7 Å². The third-order valence-corrected chi connectivity index (χ3v) is 7.05. The smallest absolute Gasteiger partial charge is 0.262 e. The molecule has 5 rings (SSSR count). The largest absolute Gasteiger partial charge is 0.384 e. The normalized spacial score (nSPS) is 22.9. The molecular formula is C24H32N6O2. The van der Waals surface area contributed by atoms with E-state index >= 15 is 0 Å². The number of nitrogens with zero attached hydrogens (tertiary/aromatic N) is 5. The molecule has 1 aliphatic heterocycles. The summed E-state index contributed by atoms with van der Waals surface area (Å²) in [7, 11) is 0. The van der Waals surface area contributed by atoms with E-state index in [1.54, 1.807) is 20.0 Å². The van der Waals surface area contributed by atoms with Gasteiger partial charge in [0.25, 0.3) is 5.56 Å². The molecule has 2 fully saturated rings. The Labute approximate surface area is 187 Å². The average molecular weight is 437 g/mol. The number of aromatic nitrogens is 5. The summed E-state index contributed by atoms with van der Waals surface area (Å²) in [6.45, 7) is 8.25. The molecule has 1 saturated heterocycles. The molecule has 170 valence electrons. The van der Waals surface area contributed by atoms with Crippen LogP contribution in [-0.2, 0) is 12.1 Å². The van der Waals surface area contributed by atoms with E-state index < -0.39 is 5.60 Å². The number of pyridine rings is 1. The zero-order valence-electron chi connectivity index (χ0n) is 19.1. The fourth-order valence-corrected chi connectivity index (χ4v) is 5.24. The predicted molar refractivity (Wildman–Crippen MR) is 122 cm³/mol. The van der Waals surface area contributed by atoms with Crippen LogP contribution >= 0.6 is 0 Å². The molecule has 0 spiro atoms. The fraction of sp³-hybridized carbons (Fsp3) is 0.583. The Balaban J connectivity index is 1.36. The fourth-order valence-electron chi connectivity index (χ4n) is 5.24. The molecule has 2 N–H and O–H groups in total. The standard InChI is InChI=1S/C24H32N6O2/c1-15-12-29(13-16-8-9-20(25-10-16)24(2,3)32)14-19(15)21-27-22-18(23(31)28-21)11-26-30(22)17-6-4-5-7-17/h8-11,15,17,19,32H,4-7,12-14H2,1-3H3,(H,27,28,31)/t15-,19-/m1/s1. The monoisotopic (exact) mass is 436 g/mol. The number of nitrogens with one attached hydrogen (secondary N) is 1. The van der Waals surface area contributed by atoms with Crippen LogP contribution in [0.1, 0.15) is 75.5 Å². The number of hydrogen-bond donors (Lipinski definition) is 2. The van der Waals surface area contributed by atoms with Gasteiger partial charge in [0.2, 0.25) is 0 Å². The van der Waals surface area contributed by atoms with Crippen LogP contribution in [-0.4, -0.2) is 47.8 Å². The lowest BCUT2D eigenvalue weighted by Gasteiger charge is -2.18. The molecule has 2 aliphatic rings. The minimum atomic E-state index is -0.938. The molecule has 3 aromatic rings. The van der Waals surface area contributed by atoms with E-state index in [-0.39, 0.29) is 11.5 Å². The molecule has 0 aromatic carbocycles. The number of hydrogen-bond acceptors (Lipinski definition) is 6. The molecule has 8 heteroatoms. The van der Waals surface area contributed by atoms with E-state index in [0.29, 0.717) is 23.0 Å². The van der Waals surface area contributed by atoms with Gasteiger partial charge in [0, 0.05) is 31.7 Å². The van der Waals surface area contributed by atoms with E-state index in [9.17, 15) is 9.90 Å². The molecule has 0 unspecified atom stereocenters. The lowest BCUT2D eigenvalue weighted by Crippen LogP contribution is -2.22. The van der Waals surface area contributed by atoms with Gasteiger partial charge in [0.05, 0.1) is 17.9 Å². The van der Waals surface area contributed by atoms with Crippen molar-refractivity contribution in [3.8, 4) is 0 Å². The second-order valence-electron chi connectivity index (χ2n) is 10.1. The van der Waals surface area contributed by atoms with Crippen LogP contribution in [0.4, 0.5) is 0 Å². The van der Waals surface area contributed by atoms with Gasteiger partial charge >= 0.3 is 0 Å². The van der Waals surface area contributed by atoms with Gasteiger partial charge < -0.3 is 10.1 Å². The summed E-state index contributed by atoms with van der Waals surface area (Å²) < 4.78 is 1.98. The van der Waals surface area contributed by atoms with Crippen molar-refractivity contribution in [3.63, 3.8) is 0 Å². The highest BCUT2D eigenvalue weighted by molar-refractivity contribution is 5.73. The zero-order valence-corrected chi connectivity index (χ0v) is 19.1. The molecule has 2 atom stereocenters. The van der Waals surface area contributed by atoms with Crippen LogP contribution in [0.25, 0.3) is 11.0 Å². The Bertz CT molecular complexity index is 1150. The molecule has 0 bridgehead atoms. The van der Waals surface area contributed by atoms with Gasteiger partial charge in [-0.1, -0.05) is 25.8 Å². The quantitative estimate of drug-likeness (QED) is 0.638. The topological polar surface area (TPSA) is 99.9 Å². The number of aliphatic hydroxyl groups is 1. The maximum Gasteiger partial charge on any atom is 0.262 e. The van der Waals surface area contributed by atoms with Crippen LogP contribution in [0, 0.1) is 5.92 Å². The molecule has 1 saturated carbocycles. The Kier molecular flexibility index (Phi) is 5.37. The molecule has 0 amide bonds. The highest BCUT2D eigenvalue weighted by atomic mass is 16.3. The number of H-pyrrole nitrogens is 1. The lowest BCUT2D eigenvalue weighted by atomic mass is 9.97. The molecule has 3 aromatic heterocycles. The second-order valence-corrected chi connectivity index (χ2v) is 10.1. The van der Waals surface area contributed by atoms with Crippen LogP contribution in [0.2, 0.25) is 0 Å². The Morgan fingerprint density at radius 2 is 1.97 bits per heavy atom. The van der Waals surface area contributed by atoms with Crippen molar-refractivity contribution in [1.29, 1.82) is 0 Å². The minimum Gasteiger partial charge on any atom is -0.384 e. The predicted octanol–water partition coefficient (Wildman–Crippen LogP) is 3.09. The highest BCUT2D eigenvalue weighted by Gasteiger charge is 2.33. The molecule has 0 radical (unpaired) electrons. The van der Waals surface area contributed by atoms with Crippen LogP contribution in [0.5, 0.6) is 0 Å². The van der Waals surface area contributed by atoms with Crippen molar-refractivity contribution in [2.75, 3.05) is 13.1 Å². The van der Waals surface area contributed by atoms with Crippen molar-refractivity contribution in [2.24, 2.45) is 5.92 Å². The van der Waals surface area contributed by atoms with Crippen LogP contribution < -0.4 is 5.56 Å². The van der Waals surface area contributed by atoms with Crippen molar-refractivity contribution in [1.82, 2.24) is 29.6 Å². The summed E-state index contributed by atoms with van der Waals surface area (Å²) in [4.78, 5) is 27.6. The molecule has 8 nitrogen and oxygen atoms in total. The van der Waals surface area contributed by atoms with Crippen molar-refractivity contribution < 1.29 is 5.11 Å². The van der Waals surface area contributed by atoms with Crippen molar-refractivity contribution in [3.05, 3.63) is 52.0 Å². The van der Waals surface area contributed by atoms with E-state index in [2.05, 4.69) is 26.9 Å². The Hall–Kier alpha value is -2.58. The summed E-state index contributed by atoms with van der Waals surface area (Å²) in [5, 5.41) is 15.2. The first kappa shape index (κ1) is 21.3. The number of aromatic amines is 1. The second kappa shape index (κ2) is 8.08. The van der Waals surface area contributed by atoms with Crippen LogP contribution in [0.3, 0.4) is 0 Å². The van der Waals surface area contributed by atoms with Gasteiger partial charge in [-0.2, -0.15) is 5.10 Å². The summed E-state index contributed by atoms with van der Waals surface area (Å²) in [6.07, 6.45) is 8.14. The maximum atomic E-state index is 12.8. The first-order chi connectivity index (χ1) is 15.3. The lowest BCUT2D eigenvalue weighted by molar-refractivity contribution is 0.0738. The zero-order chi connectivity index (χ0) is 22.5. The number of likely N-dealkylation sites (tertiary alicyclic amines) is 1. The molecular weight excluding hydrogens is 404 g/mol. The Morgan fingerprint density at radius 3 is 2.66 bits per heavy atom. The summed E-state index contributed by atoms with van der Waals surface area (Å²) in [5.74, 6) is 1.32. The summed E-state index contributed by atoms with van der Waals surface area (Å²) in [5.41, 5.74) is 1.48. The highest BCUT2D eigenvalue weighted by Crippen LogP contribution is 2.33. The summed E-state index contributed by atoms with van der Waals surface area (Å²) in [6, 6.07) is 4.28. The van der Waals surface area contributed by atoms with E-state index in [4.69, 9.17) is 4.98 Å². The Morgan fingerprint density at radius 1 is 1.19 bits per heavy atom. The maximum absolute atomic E-state index is 12.8. The number of fused-ring (bicyclic) bond motifs is 1. The van der Waals surface area contributed by atoms with Crippen molar-refractivity contribution in [2.45, 2.75) is 70.6 Å². The third-order valence-electron chi connectivity index (χ3n) is 7.05. The van der Waals surface area contributed by atoms with Gasteiger partial charge in [0.15, 0.2) is 5.65 Å². The minimum absolute atomic E-state index is 0.0914. The molecule has 4 heterocycles. The van der Waals surface area contributed by atoms with E-state index in [1.807, 2.05) is 23.0 Å².